The highest BCUT2D eigenvalue weighted by Gasteiger charge is 2.24. The van der Waals surface area contributed by atoms with Crippen molar-refractivity contribution in [2.45, 2.75) is 0 Å². The Bertz CT molecular complexity index is 3480. The van der Waals surface area contributed by atoms with E-state index >= 15 is 0 Å². The van der Waals surface area contributed by atoms with Crippen LogP contribution in [-0.2, 0) is 0 Å². The lowest BCUT2D eigenvalue weighted by Gasteiger charge is -2.27. The summed E-state index contributed by atoms with van der Waals surface area (Å²) in [5.74, 6) is 0. The maximum Gasteiger partial charge on any atom is 0.143 e. The first-order valence-corrected chi connectivity index (χ1v) is 19.8. The Kier molecular flexibility index (Phi) is 6.80. The molecule has 0 bridgehead atoms. The van der Waals surface area contributed by atoms with Gasteiger partial charge in [0.05, 0.1) is 22.4 Å². The molecule has 4 heteroatoms. The lowest BCUT2D eigenvalue weighted by atomic mass is 10.0. The Morgan fingerprint density at radius 2 is 1.05 bits per heavy atom. The molecule has 0 unspecified atom stereocenters. The highest BCUT2D eigenvalue weighted by molar-refractivity contribution is 7.26. The molecule has 0 atom stereocenters. The van der Waals surface area contributed by atoms with Crippen molar-refractivity contribution in [1.29, 1.82) is 0 Å². The molecule has 0 aliphatic heterocycles. The van der Waals surface area contributed by atoms with E-state index in [0.717, 1.165) is 61.2 Å². The Balaban J connectivity index is 1.10. The van der Waals surface area contributed by atoms with Crippen LogP contribution in [0.15, 0.2) is 199 Å². The highest BCUT2D eigenvalue weighted by Crippen LogP contribution is 2.49. The molecule has 262 valence electrons. The van der Waals surface area contributed by atoms with E-state index < -0.39 is 0 Å². The molecule has 0 saturated carbocycles. The Labute approximate surface area is 326 Å². The van der Waals surface area contributed by atoms with Gasteiger partial charge in [0.25, 0.3) is 0 Å². The lowest BCUT2D eigenvalue weighted by molar-refractivity contribution is 0.674. The third kappa shape index (κ3) is 4.57. The van der Waals surface area contributed by atoms with Crippen LogP contribution in [0.3, 0.4) is 0 Å². The number of hydrogen-bond donors (Lipinski definition) is 0. The average Bonchev–Trinajstić information content (AvgIpc) is 3.95. The van der Waals surface area contributed by atoms with Gasteiger partial charge >= 0.3 is 0 Å². The zero-order valence-corrected chi connectivity index (χ0v) is 31.0. The third-order valence-electron chi connectivity index (χ3n) is 11.4. The van der Waals surface area contributed by atoms with Crippen molar-refractivity contribution >= 4 is 103 Å². The van der Waals surface area contributed by atoms with Crippen LogP contribution in [0.5, 0.6) is 0 Å². The van der Waals surface area contributed by atoms with Crippen molar-refractivity contribution in [3.63, 3.8) is 0 Å². The largest absolute Gasteiger partial charge is 0.455 e. The van der Waals surface area contributed by atoms with E-state index in [9.17, 15) is 0 Å². The molecule has 0 N–H and O–H groups in total. The van der Waals surface area contributed by atoms with Gasteiger partial charge in [-0.2, -0.15) is 0 Å². The number of fused-ring (bicyclic) bond motifs is 11. The molecule has 0 radical (unpaired) electrons. The summed E-state index contributed by atoms with van der Waals surface area (Å²) < 4.78 is 11.7. The van der Waals surface area contributed by atoms with Gasteiger partial charge in [0.15, 0.2) is 0 Å². The molecule has 0 amide bonds. The van der Waals surface area contributed by atoms with Gasteiger partial charge in [-0.25, -0.2) is 0 Å². The van der Waals surface area contributed by atoms with Crippen LogP contribution in [0.25, 0.3) is 91.5 Å². The topological polar surface area (TPSA) is 21.3 Å². The summed E-state index contributed by atoms with van der Waals surface area (Å²) in [7, 11) is 0. The van der Waals surface area contributed by atoms with Gasteiger partial charge in [0, 0.05) is 64.0 Å². The fourth-order valence-electron chi connectivity index (χ4n) is 8.94. The lowest BCUT2D eigenvalue weighted by Crippen LogP contribution is -2.11. The number of anilines is 3. The molecule has 0 aliphatic carbocycles. The predicted octanol–water partition coefficient (Wildman–Crippen LogP) is 15.3. The molecular weight excluding hydrogens is 701 g/mol. The average molecular weight is 733 g/mol. The zero-order valence-electron chi connectivity index (χ0n) is 30.2. The molecule has 3 nitrogen and oxygen atoms in total. The van der Waals surface area contributed by atoms with Gasteiger partial charge < -0.3 is 13.9 Å². The second-order valence-corrected chi connectivity index (χ2v) is 15.5. The molecule has 9 aromatic carbocycles. The van der Waals surface area contributed by atoms with Gasteiger partial charge in [-0.1, -0.05) is 127 Å². The van der Waals surface area contributed by atoms with E-state index in [1.807, 2.05) is 11.3 Å². The number of hydrogen-bond acceptors (Lipinski definition) is 3. The van der Waals surface area contributed by atoms with Gasteiger partial charge in [-0.15, -0.1) is 11.3 Å². The number of rotatable bonds is 5. The second-order valence-electron chi connectivity index (χ2n) is 14.4. The summed E-state index contributed by atoms with van der Waals surface area (Å²) in [6, 6.07) is 70.1. The van der Waals surface area contributed by atoms with Crippen LogP contribution in [-0.4, -0.2) is 4.57 Å². The van der Waals surface area contributed by atoms with Crippen LogP contribution >= 0.6 is 11.3 Å². The van der Waals surface area contributed by atoms with E-state index in [0.29, 0.717) is 0 Å². The highest BCUT2D eigenvalue weighted by atomic mass is 32.1. The summed E-state index contributed by atoms with van der Waals surface area (Å²) in [6.45, 7) is 0. The van der Waals surface area contributed by atoms with Gasteiger partial charge in [-0.3, -0.25) is 0 Å². The molecular formula is C52H32N2OS. The normalized spacial score (nSPS) is 11.9. The maximum absolute atomic E-state index is 6.76. The second kappa shape index (κ2) is 12.2. The zero-order chi connectivity index (χ0) is 36.7. The number of para-hydroxylation sites is 3. The number of aromatic nitrogens is 1. The molecule has 12 aromatic rings. The SMILES string of the molecule is c1ccc(-n2c3ccccc3c3c(N(c4ccc(-c5cccc6c5oc5c7ccccc7ccc65)cc4)c4cccc5sc6ccccc6c45)cccc32)cc1. The molecule has 0 saturated heterocycles. The van der Waals surface area contributed by atoms with E-state index in [1.165, 1.54) is 47.4 Å². The molecule has 0 aliphatic rings. The standard InChI is InChI=1S/C52H32N2OS/c1-2-14-35(15-3-1)53-43-21-8-6-17-41(43)49-44(53)22-11-23-45(49)54(46-24-12-26-48-50(46)42-18-7-9-25-47(42)56-48)36-30-27-34(28-31-36)38-19-10-20-39-40-32-29-33-13-4-5-16-37(33)52(40)55-51(38)39/h1-32H. The third-order valence-corrected chi connectivity index (χ3v) is 12.5. The minimum atomic E-state index is 0.913. The smallest absolute Gasteiger partial charge is 0.143 e. The van der Waals surface area contributed by atoms with Crippen molar-refractivity contribution in [2.75, 3.05) is 4.90 Å². The van der Waals surface area contributed by atoms with Gasteiger partial charge in [-0.05, 0) is 77.7 Å². The van der Waals surface area contributed by atoms with E-state index in [-0.39, 0.29) is 0 Å². The first kappa shape index (κ1) is 31.2. The summed E-state index contributed by atoms with van der Waals surface area (Å²) in [6.07, 6.45) is 0. The Morgan fingerprint density at radius 1 is 0.411 bits per heavy atom. The predicted molar refractivity (Wildman–Crippen MR) is 239 cm³/mol. The summed E-state index contributed by atoms with van der Waals surface area (Å²) >= 11 is 1.85. The molecule has 0 fully saturated rings. The van der Waals surface area contributed by atoms with Crippen LogP contribution in [0, 0.1) is 0 Å². The minimum Gasteiger partial charge on any atom is -0.455 e. The van der Waals surface area contributed by atoms with Crippen molar-refractivity contribution < 1.29 is 4.42 Å². The van der Waals surface area contributed by atoms with Crippen LogP contribution in [0.4, 0.5) is 17.1 Å². The number of benzene rings is 9. The minimum absolute atomic E-state index is 0.913. The van der Waals surface area contributed by atoms with E-state index in [2.05, 4.69) is 204 Å². The first-order valence-electron chi connectivity index (χ1n) is 19.0. The van der Waals surface area contributed by atoms with Crippen LogP contribution < -0.4 is 4.90 Å². The van der Waals surface area contributed by atoms with Gasteiger partial charge in [0.1, 0.15) is 11.2 Å². The maximum atomic E-state index is 6.76. The number of nitrogens with zero attached hydrogens (tertiary/aromatic N) is 2. The Morgan fingerprint density at radius 3 is 1.93 bits per heavy atom. The van der Waals surface area contributed by atoms with Gasteiger partial charge in [0.2, 0.25) is 0 Å². The van der Waals surface area contributed by atoms with Crippen LogP contribution in [0.1, 0.15) is 0 Å². The van der Waals surface area contributed by atoms with E-state index in [1.54, 1.807) is 0 Å². The van der Waals surface area contributed by atoms with Crippen molar-refractivity contribution in [3.8, 4) is 16.8 Å². The number of furan rings is 1. The van der Waals surface area contributed by atoms with Crippen molar-refractivity contribution in [3.05, 3.63) is 194 Å². The number of thiophene rings is 1. The first-order chi connectivity index (χ1) is 27.8. The fraction of sp³-hybridized carbons (Fsp3) is 0. The monoisotopic (exact) mass is 732 g/mol. The molecule has 12 rings (SSSR count). The molecule has 3 heterocycles. The van der Waals surface area contributed by atoms with Crippen molar-refractivity contribution in [1.82, 2.24) is 4.57 Å². The Hall–Kier alpha value is -7.14. The van der Waals surface area contributed by atoms with E-state index in [4.69, 9.17) is 4.42 Å². The van der Waals surface area contributed by atoms with Crippen molar-refractivity contribution in [2.24, 2.45) is 0 Å². The summed E-state index contributed by atoms with van der Waals surface area (Å²) in [4.78, 5) is 2.48. The van der Waals surface area contributed by atoms with Crippen LogP contribution in [0.2, 0.25) is 0 Å². The molecule has 56 heavy (non-hydrogen) atoms. The molecule has 3 aromatic heterocycles. The molecule has 0 spiro atoms. The summed E-state index contributed by atoms with van der Waals surface area (Å²) in [5, 5.41) is 9.56. The fourth-order valence-corrected chi connectivity index (χ4v) is 10.1. The summed E-state index contributed by atoms with van der Waals surface area (Å²) in [5.41, 5.74) is 10.9. The quantitative estimate of drug-likeness (QED) is 0.176.